The lowest BCUT2D eigenvalue weighted by Crippen LogP contribution is -2.44. The fourth-order valence-electron chi connectivity index (χ4n) is 3.96. The molecule has 2 amide bonds. The van der Waals surface area contributed by atoms with Gasteiger partial charge in [-0.15, -0.1) is 0 Å². The Hall–Kier alpha value is -4.08. The van der Waals surface area contributed by atoms with E-state index in [2.05, 4.69) is 10.2 Å². The van der Waals surface area contributed by atoms with Crippen molar-refractivity contribution in [2.75, 3.05) is 12.0 Å². The number of amides is 2. The van der Waals surface area contributed by atoms with Gasteiger partial charge in [-0.1, -0.05) is 30.3 Å². The summed E-state index contributed by atoms with van der Waals surface area (Å²) in [6.45, 7) is 11.5. The molecule has 0 unspecified atom stereocenters. The average molecular weight is 512 g/mol. The van der Waals surface area contributed by atoms with Gasteiger partial charge in [0.2, 0.25) is 0 Å². The van der Waals surface area contributed by atoms with Gasteiger partial charge in [-0.05, 0) is 54.0 Å². The van der Waals surface area contributed by atoms with Crippen LogP contribution in [0.5, 0.6) is 5.75 Å². The van der Waals surface area contributed by atoms with Crippen LogP contribution in [-0.2, 0) is 15.9 Å². The Kier molecular flexibility index (Phi) is 7.52. The maximum Gasteiger partial charge on any atom is 0.424 e. The zero-order valence-corrected chi connectivity index (χ0v) is 22.4. The van der Waals surface area contributed by atoms with E-state index in [-0.39, 0.29) is 17.0 Å². The van der Waals surface area contributed by atoms with E-state index in [0.717, 1.165) is 5.56 Å². The number of carboxylic acids is 1. The molecule has 10 nitrogen and oxygen atoms in total. The van der Waals surface area contributed by atoms with Gasteiger partial charge in [0.05, 0.1) is 18.3 Å². The third-order valence-corrected chi connectivity index (χ3v) is 5.24. The molecule has 0 bridgehead atoms. The molecular formula is C27H33N3O7. The van der Waals surface area contributed by atoms with Crippen LogP contribution in [0.15, 0.2) is 30.3 Å². The number of imide groups is 1. The lowest BCUT2D eigenvalue weighted by Gasteiger charge is -2.30. The third kappa shape index (κ3) is 6.02. The lowest BCUT2D eigenvalue weighted by atomic mass is 9.94. The minimum absolute atomic E-state index is 0.000436. The summed E-state index contributed by atoms with van der Waals surface area (Å²) in [5.74, 6) is -1.41. The Labute approximate surface area is 215 Å². The predicted molar refractivity (Wildman–Crippen MR) is 139 cm³/mol. The largest absolute Gasteiger partial charge is 0.495 e. The molecule has 37 heavy (non-hydrogen) atoms. The first-order chi connectivity index (χ1) is 17.1. The monoisotopic (exact) mass is 511 g/mol. The molecule has 0 saturated heterocycles. The number of hydrogen-bond donors (Lipinski definition) is 2. The molecule has 198 valence electrons. The first-order valence-electron chi connectivity index (χ1n) is 11.8. The number of hydrogen-bond acceptors (Lipinski definition) is 7. The SMILES string of the molecule is COc1c(C(=O)O)c(N(C(=O)OC(C)(C)C)C(=O)OC(C)(C)C)c2[nH]nc(C)c2c1Cc1ccccc1. The number of nitrogens with zero attached hydrogens (tertiary/aromatic N) is 2. The van der Waals surface area contributed by atoms with Crippen molar-refractivity contribution in [3.63, 3.8) is 0 Å². The summed E-state index contributed by atoms with van der Waals surface area (Å²) in [5, 5.41) is 18.0. The molecule has 0 spiro atoms. The summed E-state index contributed by atoms with van der Waals surface area (Å²) in [4.78, 5) is 40.2. The molecule has 3 aromatic rings. The van der Waals surface area contributed by atoms with Crippen molar-refractivity contribution in [3.05, 3.63) is 52.7 Å². The van der Waals surface area contributed by atoms with Gasteiger partial charge in [0.15, 0.2) is 0 Å². The molecule has 0 atom stereocenters. The number of nitrogens with one attached hydrogen (secondary N) is 1. The number of aromatic nitrogens is 2. The second kappa shape index (κ2) is 10.1. The van der Waals surface area contributed by atoms with Crippen molar-refractivity contribution in [2.24, 2.45) is 0 Å². The van der Waals surface area contributed by atoms with Crippen LogP contribution in [0.25, 0.3) is 10.9 Å². The number of methoxy groups -OCH3 is 1. The first kappa shape index (κ1) is 27.5. The maximum absolute atomic E-state index is 13.4. The van der Waals surface area contributed by atoms with Gasteiger partial charge in [-0.25, -0.2) is 14.4 Å². The van der Waals surface area contributed by atoms with E-state index in [1.54, 1.807) is 48.5 Å². The molecule has 0 radical (unpaired) electrons. The van der Waals surface area contributed by atoms with Crippen molar-refractivity contribution in [1.29, 1.82) is 0 Å². The molecule has 0 aliphatic carbocycles. The average Bonchev–Trinajstić information content (AvgIpc) is 3.14. The van der Waals surface area contributed by atoms with E-state index in [1.807, 2.05) is 30.3 Å². The zero-order chi connectivity index (χ0) is 27.7. The number of fused-ring (bicyclic) bond motifs is 1. The Bertz CT molecular complexity index is 1300. The fourth-order valence-corrected chi connectivity index (χ4v) is 3.96. The number of H-pyrrole nitrogens is 1. The van der Waals surface area contributed by atoms with Gasteiger partial charge < -0.3 is 19.3 Å². The molecular weight excluding hydrogens is 478 g/mol. The summed E-state index contributed by atoms with van der Waals surface area (Å²) in [6, 6.07) is 9.44. The number of anilines is 1. The van der Waals surface area contributed by atoms with Crippen molar-refractivity contribution in [3.8, 4) is 5.75 Å². The number of carbonyl (C=O) groups is 3. The number of benzene rings is 2. The van der Waals surface area contributed by atoms with Gasteiger partial charge in [-0.2, -0.15) is 10.00 Å². The standard InChI is InChI=1S/C27H33N3O7/c1-15-18-17(14-16-12-10-9-11-13-16)22(35-8)19(23(31)32)21(20(18)29-28-15)30(24(33)36-26(2,3)4)25(34)37-27(5,6)7/h9-13H,14H2,1-8H3,(H,28,29)(H,31,32). The summed E-state index contributed by atoms with van der Waals surface area (Å²) >= 11 is 0. The van der Waals surface area contributed by atoms with E-state index < -0.39 is 34.9 Å². The molecule has 1 aromatic heterocycles. The normalized spacial score (nSPS) is 11.8. The second-order valence-corrected chi connectivity index (χ2v) is 10.6. The summed E-state index contributed by atoms with van der Waals surface area (Å²) < 4.78 is 16.6. The number of aromatic carboxylic acids is 1. The highest BCUT2D eigenvalue weighted by Gasteiger charge is 2.39. The van der Waals surface area contributed by atoms with Crippen LogP contribution in [0.1, 0.15) is 68.7 Å². The molecule has 1 heterocycles. The summed E-state index contributed by atoms with van der Waals surface area (Å²) in [5.41, 5.74) is -0.500. The van der Waals surface area contributed by atoms with E-state index in [0.29, 0.717) is 28.0 Å². The topological polar surface area (TPSA) is 131 Å². The third-order valence-electron chi connectivity index (χ3n) is 5.24. The minimum Gasteiger partial charge on any atom is -0.495 e. The molecule has 10 heteroatoms. The van der Waals surface area contributed by atoms with Gasteiger partial charge >= 0.3 is 18.2 Å². The highest BCUT2D eigenvalue weighted by atomic mass is 16.6. The number of carboxylic acid groups (broad SMARTS) is 1. The fraction of sp³-hybridized carbons (Fsp3) is 0.407. The van der Waals surface area contributed by atoms with Crippen LogP contribution in [0.3, 0.4) is 0 Å². The summed E-state index contributed by atoms with van der Waals surface area (Å²) in [7, 11) is 1.34. The van der Waals surface area contributed by atoms with Crippen LogP contribution < -0.4 is 9.64 Å². The van der Waals surface area contributed by atoms with Gasteiger partial charge in [0, 0.05) is 17.4 Å². The van der Waals surface area contributed by atoms with Crippen LogP contribution >= 0.6 is 0 Å². The number of ether oxygens (including phenoxy) is 3. The second-order valence-electron chi connectivity index (χ2n) is 10.6. The van der Waals surface area contributed by atoms with Crippen molar-refractivity contribution < 1.29 is 33.7 Å². The highest BCUT2D eigenvalue weighted by molar-refractivity contribution is 6.20. The molecule has 0 aliphatic heterocycles. The molecule has 0 fully saturated rings. The van der Waals surface area contributed by atoms with E-state index in [4.69, 9.17) is 14.2 Å². The smallest absolute Gasteiger partial charge is 0.424 e. The zero-order valence-electron chi connectivity index (χ0n) is 22.4. The quantitative estimate of drug-likeness (QED) is 0.436. The number of carbonyl (C=O) groups excluding carboxylic acids is 2. The lowest BCUT2D eigenvalue weighted by molar-refractivity contribution is 0.0431. The molecule has 0 saturated carbocycles. The Morgan fingerprint density at radius 2 is 1.51 bits per heavy atom. The first-order valence-corrected chi connectivity index (χ1v) is 11.8. The highest BCUT2D eigenvalue weighted by Crippen LogP contribution is 2.43. The van der Waals surface area contributed by atoms with Crippen LogP contribution in [0.2, 0.25) is 0 Å². The summed E-state index contributed by atoms with van der Waals surface area (Å²) in [6.07, 6.45) is -1.88. The molecule has 3 rings (SSSR count). The number of aryl methyl sites for hydroxylation is 1. The van der Waals surface area contributed by atoms with E-state index in [1.165, 1.54) is 7.11 Å². The Morgan fingerprint density at radius 1 is 0.973 bits per heavy atom. The van der Waals surface area contributed by atoms with Gasteiger partial charge in [0.25, 0.3) is 0 Å². The van der Waals surface area contributed by atoms with Crippen molar-refractivity contribution in [1.82, 2.24) is 10.2 Å². The maximum atomic E-state index is 13.4. The van der Waals surface area contributed by atoms with Gasteiger partial charge in [-0.3, -0.25) is 5.10 Å². The van der Waals surface area contributed by atoms with Gasteiger partial charge in [0.1, 0.15) is 28.2 Å². The molecule has 2 aromatic carbocycles. The van der Waals surface area contributed by atoms with Crippen molar-refractivity contribution in [2.45, 2.75) is 66.1 Å². The molecule has 2 N–H and O–H groups in total. The molecule has 0 aliphatic rings. The predicted octanol–water partition coefficient (Wildman–Crippen LogP) is 5.85. The van der Waals surface area contributed by atoms with Crippen molar-refractivity contribution >= 4 is 34.7 Å². The van der Waals surface area contributed by atoms with E-state index >= 15 is 0 Å². The van der Waals surface area contributed by atoms with Crippen LogP contribution in [0.4, 0.5) is 15.3 Å². The number of aromatic amines is 1. The Morgan fingerprint density at radius 3 is 1.97 bits per heavy atom. The Balaban J connectivity index is 2.42. The minimum atomic E-state index is -1.41. The van der Waals surface area contributed by atoms with E-state index in [9.17, 15) is 19.5 Å². The van der Waals surface area contributed by atoms with Crippen LogP contribution in [-0.4, -0.2) is 51.8 Å². The van der Waals surface area contributed by atoms with Crippen LogP contribution in [0, 0.1) is 6.92 Å². The number of rotatable bonds is 5.